The van der Waals surface area contributed by atoms with Crippen molar-refractivity contribution in [1.29, 1.82) is 0 Å². The quantitative estimate of drug-likeness (QED) is 0.814. The van der Waals surface area contributed by atoms with Crippen LogP contribution < -0.4 is 5.01 Å². The van der Waals surface area contributed by atoms with Crippen LogP contribution in [0.15, 0.2) is 65.8 Å². The van der Waals surface area contributed by atoms with Crippen molar-refractivity contribution in [2.24, 2.45) is 11.0 Å². The molecule has 0 spiro atoms. The lowest BCUT2D eigenvalue weighted by atomic mass is 9.94. The number of nitrogens with zero attached hydrogens (tertiary/aromatic N) is 2. The molecule has 0 aromatic heterocycles. The van der Waals surface area contributed by atoms with Gasteiger partial charge in [-0.15, -0.1) is 0 Å². The third-order valence-electron chi connectivity index (χ3n) is 3.68. The minimum Gasteiger partial charge on any atom is -0.298 e. The molecule has 0 saturated carbocycles. The molecule has 0 aliphatic carbocycles. The van der Waals surface area contributed by atoms with Crippen molar-refractivity contribution in [1.82, 2.24) is 0 Å². The van der Waals surface area contributed by atoms with Crippen molar-refractivity contribution in [3.8, 4) is 0 Å². The van der Waals surface area contributed by atoms with Crippen molar-refractivity contribution in [2.45, 2.75) is 13.3 Å². The van der Waals surface area contributed by atoms with E-state index < -0.39 is 5.92 Å². The maximum atomic E-state index is 12.5. The first-order valence-corrected chi connectivity index (χ1v) is 7.17. The summed E-state index contributed by atoms with van der Waals surface area (Å²) in [6.07, 6.45) is 0.243. The van der Waals surface area contributed by atoms with Crippen LogP contribution in [0.1, 0.15) is 12.5 Å². The normalized spacial score (nSPS) is 17.5. The Labute approximate surface area is 129 Å². The number of para-hydroxylation sites is 1. The average Bonchev–Trinajstić information content (AvgIpc) is 2.84. The highest BCUT2D eigenvalue weighted by molar-refractivity contribution is 6.27. The van der Waals surface area contributed by atoms with Gasteiger partial charge in [-0.05, 0) is 24.6 Å². The molecule has 0 unspecified atom stereocenters. The van der Waals surface area contributed by atoms with Crippen molar-refractivity contribution < 1.29 is 9.59 Å². The number of amides is 1. The number of hydrogen-bond donors (Lipinski definition) is 0. The Morgan fingerprint density at radius 2 is 1.64 bits per heavy atom. The first-order valence-electron chi connectivity index (χ1n) is 7.17. The van der Waals surface area contributed by atoms with E-state index in [0.29, 0.717) is 11.4 Å². The Morgan fingerprint density at radius 3 is 2.27 bits per heavy atom. The van der Waals surface area contributed by atoms with E-state index in [-0.39, 0.29) is 18.1 Å². The van der Waals surface area contributed by atoms with Crippen LogP contribution in [0.5, 0.6) is 0 Å². The highest BCUT2D eigenvalue weighted by Crippen LogP contribution is 2.24. The van der Waals surface area contributed by atoms with Gasteiger partial charge in [0.05, 0.1) is 11.4 Å². The number of benzene rings is 2. The summed E-state index contributed by atoms with van der Waals surface area (Å²) in [5.41, 5.74) is 2.14. The Hall–Kier alpha value is -2.75. The van der Waals surface area contributed by atoms with Crippen molar-refractivity contribution in [2.75, 3.05) is 5.01 Å². The molecule has 0 radical (unpaired) electrons. The Morgan fingerprint density at radius 1 is 1.05 bits per heavy atom. The zero-order chi connectivity index (χ0) is 15.5. The lowest BCUT2D eigenvalue weighted by molar-refractivity contribution is -0.128. The highest BCUT2D eigenvalue weighted by Gasteiger charge is 2.39. The SMILES string of the molecule is CC1=NN(c2ccccc2)C(=O)[C@H]1C(=O)Cc1ccccc1. The maximum Gasteiger partial charge on any atom is 0.263 e. The number of carbonyl (C=O) groups is 2. The van der Waals surface area contributed by atoms with Crippen molar-refractivity contribution >= 4 is 23.1 Å². The second-order valence-electron chi connectivity index (χ2n) is 5.29. The van der Waals surface area contributed by atoms with Crippen LogP contribution in [0, 0.1) is 5.92 Å². The number of hydrogen-bond acceptors (Lipinski definition) is 3. The highest BCUT2D eigenvalue weighted by atomic mass is 16.2. The molecule has 0 saturated heterocycles. The topological polar surface area (TPSA) is 49.7 Å². The predicted molar refractivity (Wildman–Crippen MR) is 85.7 cm³/mol. The molecule has 0 fully saturated rings. The van der Waals surface area contributed by atoms with E-state index >= 15 is 0 Å². The lowest BCUT2D eigenvalue weighted by Crippen LogP contribution is -2.33. The van der Waals surface area contributed by atoms with Crippen molar-refractivity contribution in [3.05, 3.63) is 66.2 Å². The molecular weight excluding hydrogens is 276 g/mol. The summed E-state index contributed by atoms with van der Waals surface area (Å²) in [5, 5.41) is 5.59. The number of rotatable bonds is 4. The van der Waals surface area contributed by atoms with Gasteiger partial charge < -0.3 is 0 Å². The van der Waals surface area contributed by atoms with E-state index in [1.54, 1.807) is 19.1 Å². The fourth-order valence-electron chi connectivity index (χ4n) is 2.59. The largest absolute Gasteiger partial charge is 0.298 e. The van der Waals surface area contributed by atoms with Crippen LogP contribution in [0.25, 0.3) is 0 Å². The van der Waals surface area contributed by atoms with Crippen LogP contribution in [0.4, 0.5) is 5.69 Å². The van der Waals surface area contributed by atoms with E-state index in [1.165, 1.54) is 5.01 Å². The predicted octanol–water partition coefficient (Wildman–Crippen LogP) is 2.84. The molecule has 22 heavy (non-hydrogen) atoms. The van der Waals surface area contributed by atoms with Crippen LogP contribution in [0.2, 0.25) is 0 Å². The summed E-state index contributed by atoms with van der Waals surface area (Å²) in [6.45, 7) is 1.73. The van der Waals surface area contributed by atoms with E-state index in [0.717, 1.165) is 5.56 Å². The fraction of sp³-hybridized carbons (Fsp3) is 0.167. The molecule has 4 heteroatoms. The van der Waals surface area contributed by atoms with Gasteiger partial charge in [0.25, 0.3) is 5.91 Å². The average molecular weight is 292 g/mol. The van der Waals surface area contributed by atoms with E-state index in [2.05, 4.69) is 5.10 Å². The number of Topliss-reactive ketones (excluding diaryl/α,β-unsaturated/α-hetero) is 1. The molecule has 1 aliphatic heterocycles. The number of carbonyl (C=O) groups excluding carboxylic acids is 2. The summed E-state index contributed by atoms with van der Waals surface area (Å²) in [7, 11) is 0. The number of ketones is 1. The molecule has 1 amide bonds. The molecule has 0 N–H and O–H groups in total. The summed E-state index contributed by atoms with van der Waals surface area (Å²) < 4.78 is 0. The van der Waals surface area contributed by atoms with E-state index in [4.69, 9.17) is 0 Å². The fourth-order valence-corrected chi connectivity index (χ4v) is 2.59. The zero-order valence-corrected chi connectivity index (χ0v) is 12.3. The first kappa shape index (κ1) is 14.2. The molecular formula is C18H16N2O2. The number of anilines is 1. The van der Waals surface area contributed by atoms with Crippen LogP contribution in [-0.2, 0) is 16.0 Å². The molecule has 1 aliphatic rings. The minimum absolute atomic E-state index is 0.115. The Balaban J connectivity index is 1.80. The van der Waals surface area contributed by atoms with Gasteiger partial charge in [0.1, 0.15) is 5.92 Å². The Bertz CT molecular complexity index is 723. The van der Waals surface area contributed by atoms with Gasteiger partial charge in [0.15, 0.2) is 5.78 Å². The molecule has 1 atom stereocenters. The molecule has 2 aromatic carbocycles. The lowest BCUT2D eigenvalue weighted by Gasteiger charge is -2.13. The van der Waals surface area contributed by atoms with Gasteiger partial charge in [-0.2, -0.15) is 10.1 Å². The third-order valence-corrected chi connectivity index (χ3v) is 3.68. The summed E-state index contributed by atoms with van der Waals surface area (Å²) in [5.74, 6) is -1.17. The van der Waals surface area contributed by atoms with Crippen LogP contribution in [-0.4, -0.2) is 17.4 Å². The monoisotopic (exact) mass is 292 g/mol. The number of hydrazone groups is 1. The van der Waals surface area contributed by atoms with Gasteiger partial charge in [-0.1, -0.05) is 48.5 Å². The summed E-state index contributed by atoms with van der Waals surface area (Å²) in [6, 6.07) is 18.6. The molecule has 110 valence electrons. The second kappa shape index (κ2) is 5.93. The van der Waals surface area contributed by atoms with Gasteiger partial charge in [0.2, 0.25) is 0 Å². The second-order valence-corrected chi connectivity index (χ2v) is 5.29. The van der Waals surface area contributed by atoms with Gasteiger partial charge in [0, 0.05) is 6.42 Å². The standard InChI is InChI=1S/C18H16N2O2/c1-13-17(16(21)12-14-8-4-2-5-9-14)18(22)20(19-13)15-10-6-3-7-11-15/h2-11,17H,12H2,1H3/t17-/m1/s1. The molecule has 1 heterocycles. The van der Waals surface area contributed by atoms with Gasteiger partial charge in [-0.25, -0.2) is 0 Å². The Kier molecular flexibility index (Phi) is 3.83. The summed E-state index contributed by atoms with van der Waals surface area (Å²) >= 11 is 0. The van der Waals surface area contributed by atoms with Crippen LogP contribution in [0.3, 0.4) is 0 Å². The smallest absolute Gasteiger partial charge is 0.263 e. The van der Waals surface area contributed by atoms with Gasteiger partial charge >= 0.3 is 0 Å². The van der Waals surface area contributed by atoms with E-state index in [9.17, 15) is 9.59 Å². The summed E-state index contributed by atoms with van der Waals surface area (Å²) in [4.78, 5) is 25.0. The van der Waals surface area contributed by atoms with Crippen molar-refractivity contribution in [3.63, 3.8) is 0 Å². The molecule has 0 bridgehead atoms. The maximum absolute atomic E-state index is 12.5. The molecule has 4 nitrogen and oxygen atoms in total. The molecule has 3 rings (SSSR count). The first-order chi connectivity index (χ1) is 10.7. The zero-order valence-electron chi connectivity index (χ0n) is 12.3. The van der Waals surface area contributed by atoms with Crippen LogP contribution >= 0.6 is 0 Å². The molecule has 2 aromatic rings. The minimum atomic E-state index is -0.777. The van der Waals surface area contributed by atoms with Gasteiger partial charge in [-0.3, -0.25) is 9.59 Å². The van der Waals surface area contributed by atoms with E-state index in [1.807, 2.05) is 48.5 Å². The third kappa shape index (κ3) is 2.68.